The van der Waals surface area contributed by atoms with E-state index < -0.39 is 0 Å². The van der Waals surface area contributed by atoms with E-state index in [1.54, 1.807) is 0 Å². The first-order valence-electron chi connectivity index (χ1n) is 7.22. The third kappa shape index (κ3) is 2.40. The first kappa shape index (κ1) is 14.7. The van der Waals surface area contributed by atoms with Crippen LogP contribution in [0.3, 0.4) is 0 Å². The number of nitrogens with zero attached hydrogens (tertiary/aromatic N) is 1. The molecular weight excluding hydrogens is 334 g/mol. The van der Waals surface area contributed by atoms with Crippen molar-refractivity contribution >= 4 is 16.3 Å². The molecule has 0 saturated carbocycles. The predicted molar refractivity (Wildman–Crippen MR) is 87.3 cm³/mol. The molecular formula is C20H16BrN. The van der Waals surface area contributed by atoms with E-state index in [1.165, 1.54) is 33.0 Å². The smallest absolute Gasteiger partial charge is 0.219 e. The zero-order valence-corrected chi connectivity index (χ0v) is 13.9. The lowest BCUT2D eigenvalue weighted by Gasteiger charge is -2.06. The molecule has 0 atom stereocenters. The Kier molecular flexibility index (Phi) is 3.95. The van der Waals surface area contributed by atoms with Gasteiger partial charge in [-0.2, -0.15) is 4.40 Å². The number of rotatable bonds is 1. The second kappa shape index (κ2) is 5.90. The lowest BCUT2D eigenvalue weighted by atomic mass is 10.0. The summed E-state index contributed by atoms with van der Waals surface area (Å²) in [5, 5.41) is 2.57. The van der Waals surface area contributed by atoms with Gasteiger partial charge in [0.2, 0.25) is 5.52 Å². The molecule has 0 bridgehead atoms. The van der Waals surface area contributed by atoms with Gasteiger partial charge in [0.1, 0.15) is 0 Å². The van der Waals surface area contributed by atoms with Gasteiger partial charge < -0.3 is 17.0 Å². The van der Waals surface area contributed by atoms with E-state index in [-0.39, 0.29) is 17.0 Å². The normalized spacial score (nSPS) is 10.6. The van der Waals surface area contributed by atoms with E-state index >= 15 is 0 Å². The lowest BCUT2D eigenvalue weighted by molar-refractivity contribution is -0.511. The van der Waals surface area contributed by atoms with Crippen LogP contribution in [0.25, 0.3) is 27.4 Å². The van der Waals surface area contributed by atoms with E-state index in [2.05, 4.69) is 90.4 Å². The maximum absolute atomic E-state index is 2.30. The Labute approximate surface area is 140 Å². The molecule has 22 heavy (non-hydrogen) atoms. The van der Waals surface area contributed by atoms with Crippen molar-refractivity contribution < 1.29 is 21.4 Å². The topological polar surface area (TPSA) is 4.10 Å². The molecule has 2 heteroatoms. The van der Waals surface area contributed by atoms with Gasteiger partial charge in [-0.1, -0.05) is 48.5 Å². The molecule has 4 rings (SSSR count). The average Bonchev–Trinajstić information content (AvgIpc) is 2.55. The van der Waals surface area contributed by atoms with Crippen molar-refractivity contribution in [1.29, 1.82) is 0 Å². The largest absolute Gasteiger partial charge is 1.00 e. The van der Waals surface area contributed by atoms with Gasteiger partial charge in [-0.25, -0.2) is 0 Å². The van der Waals surface area contributed by atoms with Crippen molar-refractivity contribution in [3.05, 3.63) is 84.7 Å². The molecule has 2 aromatic heterocycles. The van der Waals surface area contributed by atoms with Crippen LogP contribution in [-0.4, -0.2) is 0 Å². The Hall–Kier alpha value is -2.19. The number of fused-ring (bicyclic) bond motifs is 3. The van der Waals surface area contributed by atoms with Gasteiger partial charge in [0.05, 0.1) is 5.39 Å². The molecule has 2 aromatic carbocycles. The lowest BCUT2D eigenvalue weighted by Crippen LogP contribution is -3.00. The fraction of sp³-hybridized carbons (Fsp3) is 0.0500. The molecule has 0 saturated heterocycles. The monoisotopic (exact) mass is 349 g/mol. The first-order valence-corrected chi connectivity index (χ1v) is 7.22. The molecule has 1 nitrogen and oxygen atoms in total. The summed E-state index contributed by atoms with van der Waals surface area (Å²) in [6, 6.07) is 23.6. The maximum Gasteiger partial charge on any atom is 0.219 e. The van der Waals surface area contributed by atoms with Gasteiger partial charge in [0, 0.05) is 17.7 Å². The summed E-state index contributed by atoms with van der Waals surface area (Å²) in [6.45, 7) is 2.17. The van der Waals surface area contributed by atoms with Gasteiger partial charge in [0.15, 0.2) is 12.4 Å². The number of pyridine rings is 2. The number of halogens is 1. The Bertz CT molecular complexity index is 946. The SMILES string of the molecule is Cc1c[n+]2ccc3ccccc3c2cc1-c1ccccc1.[Br-]. The molecule has 0 radical (unpaired) electrons. The van der Waals surface area contributed by atoms with E-state index in [4.69, 9.17) is 0 Å². The Morgan fingerprint density at radius 3 is 2.36 bits per heavy atom. The molecule has 0 amide bonds. The summed E-state index contributed by atoms with van der Waals surface area (Å²) in [5.41, 5.74) is 5.10. The number of aromatic nitrogens is 1. The highest BCUT2D eigenvalue weighted by atomic mass is 79.9. The quantitative estimate of drug-likeness (QED) is 0.362. The predicted octanol–water partition coefficient (Wildman–Crippen LogP) is 1.56. The minimum Gasteiger partial charge on any atom is -1.00 e. The van der Waals surface area contributed by atoms with Crippen molar-refractivity contribution in [2.24, 2.45) is 0 Å². The summed E-state index contributed by atoms with van der Waals surface area (Å²) in [4.78, 5) is 0. The summed E-state index contributed by atoms with van der Waals surface area (Å²) in [5.74, 6) is 0. The van der Waals surface area contributed by atoms with Crippen LogP contribution in [0.1, 0.15) is 5.56 Å². The van der Waals surface area contributed by atoms with Crippen LogP contribution >= 0.6 is 0 Å². The van der Waals surface area contributed by atoms with Crippen molar-refractivity contribution in [1.82, 2.24) is 0 Å². The molecule has 0 fully saturated rings. The molecule has 0 N–H and O–H groups in total. The van der Waals surface area contributed by atoms with Crippen LogP contribution in [0.15, 0.2) is 79.1 Å². The number of hydrogen-bond acceptors (Lipinski definition) is 0. The Morgan fingerprint density at radius 2 is 1.55 bits per heavy atom. The van der Waals surface area contributed by atoms with Crippen molar-refractivity contribution in [2.75, 3.05) is 0 Å². The highest BCUT2D eigenvalue weighted by Gasteiger charge is 2.12. The van der Waals surface area contributed by atoms with Gasteiger partial charge in [-0.05, 0) is 29.5 Å². The van der Waals surface area contributed by atoms with Gasteiger partial charge in [-0.15, -0.1) is 0 Å². The Balaban J connectivity index is 0.00000144. The minimum absolute atomic E-state index is 0. The van der Waals surface area contributed by atoms with Crippen LogP contribution in [0, 0.1) is 6.92 Å². The maximum atomic E-state index is 2.30. The first-order chi connectivity index (χ1) is 10.3. The number of hydrogen-bond donors (Lipinski definition) is 0. The second-order valence-electron chi connectivity index (χ2n) is 5.43. The van der Waals surface area contributed by atoms with Crippen LogP contribution in [0.5, 0.6) is 0 Å². The zero-order chi connectivity index (χ0) is 14.2. The van der Waals surface area contributed by atoms with Gasteiger partial charge in [-0.3, -0.25) is 0 Å². The van der Waals surface area contributed by atoms with Gasteiger partial charge in [0.25, 0.3) is 0 Å². The molecule has 0 spiro atoms. The molecule has 0 aliphatic carbocycles. The van der Waals surface area contributed by atoms with Crippen molar-refractivity contribution in [2.45, 2.75) is 6.92 Å². The summed E-state index contributed by atoms with van der Waals surface area (Å²) >= 11 is 0. The van der Waals surface area contributed by atoms with Crippen LogP contribution in [0.4, 0.5) is 0 Å². The standard InChI is InChI=1S/C20H16N.BrH/c1-15-14-21-12-11-17-9-5-6-10-18(17)20(21)13-19(15)16-7-3-2-4-8-16;/h2-14H,1H3;1H/q+1;/p-1. The number of aryl methyl sites for hydroxylation is 1. The highest BCUT2D eigenvalue weighted by Crippen LogP contribution is 2.25. The van der Waals surface area contributed by atoms with E-state index in [0.29, 0.717) is 0 Å². The van der Waals surface area contributed by atoms with Gasteiger partial charge >= 0.3 is 0 Å². The summed E-state index contributed by atoms with van der Waals surface area (Å²) < 4.78 is 2.21. The van der Waals surface area contributed by atoms with Crippen molar-refractivity contribution in [3.8, 4) is 11.1 Å². The molecule has 0 aliphatic rings. The fourth-order valence-corrected chi connectivity index (χ4v) is 2.98. The zero-order valence-electron chi connectivity index (χ0n) is 12.3. The van der Waals surface area contributed by atoms with Crippen LogP contribution in [-0.2, 0) is 0 Å². The summed E-state index contributed by atoms with van der Waals surface area (Å²) in [6.07, 6.45) is 4.35. The van der Waals surface area contributed by atoms with Crippen LogP contribution in [0.2, 0.25) is 0 Å². The van der Waals surface area contributed by atoms with E-state index in [1.807, 2.05) is 0 Å². The molecule has 2 heterocycles. The third-order valence-electron chi connectivity index (χ3n) is 4.05. The number of benzene rings is 2. The summed E-state index contributed by atoms with van der Waals surface area (Å²) in [7, 11) is 0. The molecule has 0 aliphatic heterocycles. The van der Waals surface area contributed by atoms with E-state index in [9.17, 15) is 0 Å². The molecule has 4 aromatic rings. The fourth-order valence-electron chi connectivity index (χ4n) is 2.98. The van der Waals surface area contributed by atoms with E-state index in [0.717, 1.165) is 0 Å². The second-order valence-corrected chi connectivity index (χ2v) is 5.43. The van der Waals surface area contributed by atoms with Crippen LogP contribution < -0.4 is 21.4 Å². The Morgan fingerprint density at radius 1 is 0.818 bits per heavy atom. The average molecular weight is 350 g/mol. The molecule has 0 unspecified atom stereocenters. The minimum atomic E-state index is 0. The van der Waals surface area contributed by atoms with Crippen molar-refractivity contribution in [3.63, 3.8) is 0 Å². The highest BCUT2D eigenvalue weighted by molar-refractivity contribution is 5.94. The third-order valence-corrected chi connectivity index (χ3v) is 4.05. The molecule has 108 valence electrons.